The Morgan fingerprint density at radius 2 is 1.96 bits per heavy atom. The summed E-state index contributed by atoms with van der Waals surface area (Å²) in [6, 6.07) is 15.8. The molecule has 0 saturated heterocycles. The second-order valence-electron chi connectivity index (χ2n) is 5.78. The molecule has 124 valence electrons. The summed E-state index contributed by atoms with van der Waals surface area (Å²) in [6.45, 7) is 2.81. The number of aromatic nitrogens is 2. The minimum absolute atomic E-state index is 0.284. The third-order valence-electron chi connectivity index (χ3n) is 4.06. The van der Waals surface area contributed by atoms with Crippen LogP contribution >= 0.6 is 0 Å². The van der Waals surface area contributed by atoms with Gasteiger partial charge in [-0.1, -0.05) is 36.4 Å². The lowest BCUT2D eigenvalue weighted by Crippen LogP contribution is -2.26. The third-order valence-corrected chi connectivity index (χ3v) is 4.06. The Morgan fingerprint density at radius 3 is 2.75 bits per heavy atom. The van der Waals surface area contributed by atoms with Crippen LogP contribution in [0.25, 0.3) is 11.0 Å². The second kappa shape index (κ2) is 7.17. The van der Waals surface area contributed by atoms with E-state index in [-0.39, 0.29) is 6.61 Å². The molecule has 2 aromatic carbocycles. The van der Waals surface area contributed by atoms with Gasteiger partial charge in [0.15, 0.2) is 0 Å². The van der Waals surface area contributed by atoms with Crippen LogP contribution in [0, 0.1) is 6.92 Å². The van der Waals surface area contributed by atoms with E-state index in [1.54, 1.807) is 0 Å². The lowest BCUT2D eigenvalue weighted by molar-refractivity contribution is 0.140. The minimum Gasteiger partial charge on any atom is -0.445 e. The van der Waals surface area contributed by atoms with Crippen molar-refractivity contribution in [2.24, 2.45) is 7.05 Å². The number of fused-ring (bicyclic) bond motifs is 1. The standard InChI is InChI=1S/C19H21N3O2/c1-14-21-17-12-15(8-9-18(17)22(14)2)10-11-20-19(23)24-13-16-6-4-3-5-7-16/h3-9,12H,10-11,13H2,1-2H3,(H,20,23). The number of benzene rings is 2. The molecule has 1 N–H and O–H groups in total. The molecule has 0 fully saturated rings. The molecule has 0 saturated carbocycles. The average molecular weight is 323 g/mol. The number of rotatable bonds is 5. The van der Waals surface area contributed by atoms with Crippen molar-refractivity contribution in [1.29, 1.82) is 0 Å². The van der Waals surface area contributed by atoms with Crippen LogP contribution in [-0.2, 0) is 24.8 Å². The smallest absolute Gasteiger partial charge is 0.407 e. The number of aryl methyl sites for hydroxylation is 2. The number of ether oxygens (including phenoxy) is 1. The number of alkyl carbamates (subject to hydrolysis) is 1. The molecule has 1 amide bonds. The SMILES string of the molecule is Cc1nc2cc(CCNC(=O)OCc3ccccc3)ccc2n1C. The first-order valence-corrected chi connectivity index (χ1v) is 8.00. The van der Waals surface area contributed by atoms with Gasteiger partial charge in [0.05, 0.1) is 11.0 Å². The highest BCUT2D eigenvalue weighted by atomic mass is 16.5. The molecule has 3 aromatic rings. The zero-order valence-corrected chi connectivity index (χ0v) is 14.0. The molecule has 0 aliphatic heterocycles. The molecule has 0 bridgehead atoms. The van der Waals surface area contributed by atoms with Crippen LogP contribution in [0.1, 0.15) is 17.0 Å². The van der Waals surface area contributed by atoms with Gasteiger partial charge in [0.25, 0.3) is 0 Å². The van der Waals surface area contributed by atoms with E-state index in [1.165, 1.54) is 0 Å². The van der Waals surface area contributed by atoms with Crippen molar-refractivity contribution in [2.75, 3.05) is 6.54 Å². The van der Waals surface area contributed by atoms with Gasteiger partial charge in [0.1, 0.15) is 12.4 Å². The molecule has 5 nitrogen and oxygen atoms in total. The molecular formula is C19H21N3O2. The first kappa shape index (κ1) is 16.1. The van der Waals surface area contributed by atoms with Crippen molar-refractivity contribution in [3.8, 4) is 0 Å². The highest BCUT2D eigenvalue weighted by Crippen LogP contribution is 2.16. The van der Waals surface area contributed by atoms with Crippen LogP contribution < -0.4 is 5.32 Å². The molecule has 5 heteroatoms. The summed E-state index contributed by atoms with van der Waals surface area (Å²) in [7, 11) is 2.01. The monoisotopic (exact) mass is 323 g/mol. The van der Waals surface area contributed by atoms with Crippen molar-refractivity contribution >= 4 is 17.1 Å². The van der Waals surface area contributed by atoms with Crippen LogP contribution in [0.4, 0.5) is 4.79 Å². The Hall–Kier alpha value is -2.82. The van der Waals surface area contributed by atoms with Gasteiger partial charge in [-0.25, -0.2) is 9.78 Å². The minimum atomic E-state index is -0.395. The van der Waals surface area contributed by atoms with E-state index < -0.39 is 6.09 Å². The maximum Gasteiger partial charge on any atom is 0.407 e. The quantitative estimate of drug-likeness (QED) is 0.783. The molecule has 0 unspecified atom stereocenters. The van der Waals surface area contributed by atoms with Gasteiger partial charge in [-0.2, -0.15) is 0 Å². The molecule has 1 aromatic heterocycles. The summed E-state index contributed by atoms with van der Waals surface area (Å²) < 4.78 is 7.26. The topological polar surface area (TPSA) is 56.1 Å². The predicted octanol–water partition coefficient (Wildman–Crippen LogP) is 3.35. The Bertz CT molecular complexity index is 840. The summed E-state index contributed by atoms with van der Waals surface area (Å²) >= 11 is 0. The second-order valence-corrected chi connectivity index (χ2v) is 5.78. The van der Waals surface area contributed by atoms with E-state index in [2.05, 4.69) is 33.1 Å². The molecule has 0 atom stereocenters. The molecule has 0 aliphatic rings. The van der Waals surface area contributed by atoms with E-state index in [1.807, 2.05) is 44.3 Å². The number of nitrogens with one attached hydrogen (secondary N) is 1. The molecule has 0 aliphatic carbocycles. The lowest BCUT2D eigenvalue weighted by atomic mass is 10.1. The number of hydrogen-bond donors (Lipinski definition) is 1. The van der Waals surface area contributed by atoms with E-state index in [0.717, 1.165) is 34.4 Å². The van der Waals surface area contributed by atoms with E-state index in [9.17, 15) is 4.79 Å². The molecule has 0 spiro atoms. The van der Waals surface area contributed by atoms with Crippen LogP contribution in [0.3, 0.4) is 0 Å². The van der Waals surface area contributed by atoms with Crippen molar-refractivity contribution in [2.45, 2.75) is 20.0 Å². The number of nitrogens with zero attached hydrogens (tertiary/aromatic N) is 2. The van der Waals surface area contributed by atoms with Crippen molar-refractivity contribution in [3.05, 3.63) is 65.5 Å². The fraction of sp³-hybridized carbons (Fsp3) is 0.263. The highest BCUT2D eigenvalue weighted by Gasteiger charge is 2.06. The molecular weight excluding hydrogens is 302 g/mol. The molecule has 3 rings (SSSR count). The average Bonchev–Trinajstić information content (AvgIpc) is 2.88. The number of carbonyl (C=O) groups is 1. The van der Waals surface area contributed by atoms with Gasteiger partial charge in [-0.3, -0.25) is 0 Å². The number of hydrogen-bond acceptors (Lipinski definition) is 3. The van der Waals surface area contributed by atoms with Gasteiger partial charge in [-0.05, 0) is 36.6 Å². The first-order chi connectivity index (χ1) is 11.6. The van der Waals surface area contributed by atoms with Gasteiger partial charge in [0, 0.05) is 13.6 Å². The zero-order chi connectivity index (χ0) is 16.9. The normalized spacial score (nSPS) is 10.8. The van der Waals surface area contributed by atoms with E-state index >= 15 is 0 Å². The van der Waals surface area contributed by atoms with Gasteiger partial charge in [-0.15, -0.1) is 0 Å². The Balaban J connectivity index is 1.48. The summed E-state index contributed by atoms with van der Waals surface area (Å²) in [4.78, 5) is 16.2. The van der Waals surface area contributed by atoms with E-state index in [4.69, 9.17) is 4.74 Å². The summed E-state index contributed by atoms with van der Waals surface area (Å²) in [5.74, 6) is 0.991. The third kappa shape index (κ3) is 3.74. The van der Waals surface area contributed by atoms with Crippen molar-refractivity contribution in [3.63, 3.8) is 0 Å². The van der Waals surface area contributed by atoms with Crippen molar-refractivity contribution < 1.29 is 9.53 Å². The van der Waals surface area contributed by atoms with Gasteiger partial charge in [0.2, 0.25) is 0 Å². The summed E-state index contributed by atoms with van der Waals surface area (Å²) in [6.07, 6.45) is 0.347. The van der Waals surface area contributed by atoms with Crippen LogP contribution in [-0.4, -0.2) is 22.2 Å². The maximum atomic E-state index is 11.7. The van der Waals surface area contributed by atoms with Crippen molar-refractivity contribution in [1.82, 2.24) is 14.9 Å². The molecule has 24 heavy (non-hydrogen) atoms. The highest BCUT2D eigenvalue weighted by molar-refractivity contribution is 5.76. The first-order valence-electron chi connectivity index (χ1n) is 8.00. The lowest BCUT2D eigenvalue weighted by Gasteiger charge is -2.07. The fourth-order valence-corrected chi connectivity index (χ4v) is 2.60. The zero-order valence-electron chi connectivity index (χ0n) is 14.0. The molecule has 1 heterocycles. The van der Waals surface area contributed by atoms with Gasteiger partial charge < -0.3 is 14.6 Å². The van der Waals surface area contributed by atoms with E-state index in [0.29, 0.717) is 6.54 Å². The fourth-order valence-electron chi connectivity index (χ4n) is 2.60. The Morgan fingerprint density at radius 1 is 1.17 bits per heavy atom. The summed E-state index contributed by atoms with van der Waals surface area (Å²) in [5, 5.41) is 2.78. The van der Waals surface area contributed by atoms with Crippen LogP contribution in [0.2, 0.25) is 0 Å². The largest absolute Gasteiger partial charge is 0.445 e. The summed E-state index contributed by atoms with van der Waals surface area (Å²) in [5.41, 5.74) is 4.22. The van der Waals surface area contributed by atoms with Crippen LogP contribution in [0.15, 0.2) is 48.5 Å². The number of carbonyl (C=O) groups excluding carboxylic acids is 1. The number of imidazole rings is 1. The number of amides is 1. The van der Waals surface area contributed by atoms with Gasteiger partial charge >= 0.3 is 6.09 Å². The Labute approximate surface area is 141 Å². The Kier molecular flexibility index (Phi) is 4.79. The maximum absolute atomic E-state index is 11.7. The van der Waals surface area contributed by atoms with Crippen LogP contribution in [0.5, 0.6) is 0 Å². The predicted molar refractivity (Wildman–Crippen MR) is 93.8 cm³/mol. The molecule has 0 radical (unpaired) electrons.